The Hall–Kier alpha value is 0.400. The van der Waals surface area contributed by atoms with E-state index in [1.165, 1.54) is 19.5 Å². The molecule has 1 atom stereocenters. The van der Waals surface area contributed by atoms with Crippen molar-refractivity contribution in [1.82, 2.24) is 10.2 Å². The second-order valence-corrected chi connectivity index (χ2v) is 3.75. The van der Waals surface area contributed by atoms with E-state index in [4.69, 9.17) is 0 Å². The first-order valence-electron chi connectivity index (χ1n) is 4.31. The average Bonchev–Trinajstić information content (AvgIpc) is 2.06. The fraction of sp³-hybridized carbons (Fsp3) is 1.00. The molecule has 0 aromatic rings. The maximum atomic E-state index is 4.52. The van der Waals surface area contributed by atoms with Gasteiger partial charge in [0.05, 0.1) is 0 Å². The van der Waals surface area contributed by atoms with E-state index in [-0.39, 0.29) is 0 Å². The molecule has 0 aliphatic carbocycles. The first-order valence-corrected chi connectivity index (χ1v) is 5.44. The van der Waals surface area contributed by atoms with Crippen LogP contribution in [0.2, 0.25) is 0 Å². The van der Waals surface area contributed by atoms with E-state index in [2.05, 4.69) is 33.1 Å². The summed E-state index contributed by atoms with van der Waals surface area (Å²) < 4.78 is 0. The molecule has 1 rings (SSSR count). The zero-order chi connectivity index (χ0) is 8.10. The van der Waals surface area contributed by atoms with Crippen LogP contribution in [0, 0.1) is 0 Å². The van der Waals surface area contributed by atoms with Gasteiger partial charge in [-0.15, -0.1) is 0 Å². The Balaban J connectivity index is 2.21. The quantitative estimate of drug-likeness (QED) is 0.650. The fourth-order valence-electron chi connectivity index (χ4n) is 1.41. The molecule has 65 valence electrons. The van der Waals surface area contributed by atoms with Gasteiger partial charge in [0, 0.05) is 37.6 Å². The standard InChI is InChI=1S/C8H16BrN2/c1-2-8-7-11(5-3-9)6-4-10-8/h8H,2-7H2,1H3. The summed E-state index contributed by atoms with van der Waals surface area (Å²) in [6.45, 7) is 6.74. The van der Waals surface area contributed by atoms with Gasteiger partial charge < -0.3 is 0 Å². The maximum Gasteiger partial charge on any atom is 0.0371 e. The Bertz CT molecular complexity index is 106. The van der Waals surface area contributed by atoms with Crippen LogP contribution in [0.15, 0.2) is 0 Å². The second kappa shape index (κ2) is 5.12. The van der Waals surface area contributed by atoms with Crippen LogP contribution in [0.3, 0.4) is 0 Å². The van der Waals surface area contributed by atoms with Gasteiger partial charge >= 0.3 is 0 Å². The summed E-state index contributed by atoms with van der Waals surface area (Å²) in [6.07, 6.45) is 1.19. The zero-order valence-corrected chi connectivity index (χ0v) is 8.68. The summed E-state index contributed by atoms with van der Waals surface area (Å²) in [7, 11) is 0. The molecule has 1 radical (unpaired) electrons. The topological polar surface area (TPSA) is 17.3 Å². The van der Waals surface area contributed by atoms with Crippen LogP contribution in [0.25, 0.3) is 0 Å². The molecule has 1 aliphatic heterocycles. The third-order valence-corrected chi connectivity index (χ3v) is 2.50. The van der Waals surface area contributed by atoms with Gasteiger partial charge in [-0.05, 0) is 6.42 Å². The maximum absolute atomic E-state index is 4.52. The summed E-state index contributed by atoms with van der Waals surface area (Å²) in [4.78, 5) is 2.48. The molecule has 1 unspecified atom stereocenters. The summed E-state index contributed by atoms with van der Waals surface area (Å²) in [5.41, 5.74) is 0. The number of hydrogen-bond acceptors (Lipinski definition) is 1. The third-order valence-electron chi connectivity index (χ3n) is 2.14. The van der Waals surface area contributed by atoms with Crippen molar-refractivity contribution in [2.45, 2.75) is 19.4 Å². The first-order chi connectivity index (χ1) is 5.36. The van der Waals surface area contributed by atoms with Crippen LogP contribution in [0.4, 0.5) is 0 Å². The first kappa shape index (κ1) is 9.49. The molecule has 0 spiro atoms. The van der Waals surface area contributed by atoms with Gasteiger partial charge in [-0.1, -0.05) is 22.9 Å². The fourth-order valence-corrected chi connectivity index (χ4v) is 1.91. The van der Waals surface area contributed by atoms with Gasteiger partial charge in [0.15, 0.2) is 0 Å². The third kappa shape index (κ3) is 3.09. The lowest BCUT2D eigenvalue weighted by atomic mass is 10.1. The number of piperazine rings is 1. The van der Waals surface area contributed by atoms with E-state index < -0.39 is 0 Å². The van der Waals surface area contributed by atoms with Crippen LogP contribution in [0.5, 0.6) is 0 Å². The molecule has 0 amide bonds. The number of hydrogen-bond donors (Lipinski definition) is 0. The molecular weight excluding hydrogens is 204 g/mol. The molecule has 3 heteroatoms. The smallest absolute Gasteiger partial charge is 0.0371 e. The lowest BCUT2D eigenvalue weighted by molar-refractivity contribution is 0.204. The highest BCUT2D eigenvalue weighted by Crippen LogP contribution is 2.03. The van der Waals surface area contributed by atoms with E-state index in [9.17, 15) is 0 Å². The van der Waals surface area contributed by atoms with Gasteiger partial charge in [0.1, 0.15) is 0 Å². The molecule has 11 heavy (non-hydrogen) atoms. The normalized spacial score (nSPS) is 27.3. The highest BCUT2D eigenvalue weighted by atomic mass is 79.9. The predicted molar refractivity (Wildman–Crippen MR) is 51.3 cm³/mol. The molecule has 1 aliphatic rings. The summed E-state index contributed by atoms with van der Waals surface area (Å²) in [5.74, 6) is 0. The minimum absolute atomic E-state index is 0.600. The Labute approximate surface area is 77.5 Å². The molecule has 1 heterocycles. The Morgan fingerprint density at radius 2 is 2.45 bits per heavy atom. The predicted octanol–water partition coefficient (Wildman–Crippen LogP) is 1.08. The van der Waals surface area contributed by atoms with Crippen molar-refractivity contribution >= 4 is 15.9 Å². The molecule has 0 aromatic carbocycles. The Morgan fingerprint density at radius 3 is 3.09 bits per heavy atom. The van der Waals surface area contributed by atoms with Gasteiger partial charge in [0.25, 0.3) is 0 Å². The van der Waals surface area contributed by atoms with E-state index in [0.717, 1.165) is 18.4 Å². The lowest BCUT2D eigenvalue weighted by Crippen LogP contribution is -2.47. The zero-order valence-electron chi connectivity index (χ0n) is 7.09. The van der Waals surface area contributed by atoms with E-state index in [1.54, 1.807) is 0 Å². The van der Waals surface area contributed by atoms with Crippen LogP contribution in [-0.4, -0.2) is 42.5 Å². The van der Waals surface area contributed by atoms with E-state index >= 15 is 0 Å². The molecule has 2 nitrogen and oxygen atoms in total. The molecule has 1 fully saturated rings. The molecule has 0 saturated carbocycles. The van der Waals surface area contributed by atoms with Gasteiger partial charge in [-0.25, -0.2) is 5.32 Å². The monoisotopic (exact) mass is 219 g/mol. The summed E-state index contributed by atoms with van der Waals surface area (Å²) in [6, 6.07) is 0.600. The number of nitrogens with zero attached hydrogens (tertiary/aromatic N) is 2. The molecular formula is C8H16BrN2. The molecule has 0 N–H and O–H groups in total. The Kier molecular flexibility index (Phi) is 4.41. The van der Waals surface area contributed by atoms with Gasteiger partial charge in [-0.2, -0.15) is 0 Å². The second-order valence-electron chi connectivity index (χ2n) is 2.96. The van der Waals surface area contributed by atoms with Crippen LogP contribution >= 0.6 is 15.9 Å². The van der Waals surface area contributed by atoms with Crippen molar-refractivity contribution < 1.29 is 0 Å². The number of halogens is 1. The van der Waals surface area contributed by atoms with Gasteiger partial charge in [0.2, 0.25) is 0 Å². The minimum Gasteiger partial charge on any atom is -0.300 e. The van der Waals surface area contributed by atoms with Crippen LogP contribution in [0.1, 0.15) is 13.3 Å². The van der Waals surface area contributed by atoms with E-state index in [0.29, 0.717) is 6.04 Å². The minimum atomic E-state index is 0.600. The Morgan fingerprint density at radius 1 is 1.64 bits per heavy atom. The molecule has 1 saturated heterocycles. The van der Waals surface area contributed by atoms with Crippen LogP contribution in [-0.2, 0) is 0 Å². The van der Waals surface area contributed by atoms with Crippen molar-refractivity contribution in [3.63, 3.8) is 0 Å². The molecule has 0 aromatic heterocycles. The number of alkyl halides is 1. The highest BCUT2D eigenvalue weighted by molar-refractivity contribution is 9.09. The van der Waals surface area contributed by atoms with Gasteiger partial charge in [-0.3, -0.25) is 4.90 Å². The summed E-state index contributed by atoms with van der Waals surface area (Å²) >= 11 is 3.45. The summed E-state index contributed by atoms with van der Waals surface area (Å²) in [5, 5.41) is 5.61. The van der Waals surface area contributed by atoms with Crippen LogP contribution < -0.4 is 5.32 Å². The largest absolute Gasteiger partial charge is 0.300 e. The molecule has 0 bridgehead atoms. The van der Waals surface area contributed by atoms with Crippen molar-refractivity contribution in [3.05, 3.63) is 0 Å². The SMILES string of the molecule is CCC1CN(CCBr)CC[N]1. The highest BCUT2D eigenvalue weighted by Gasteiger charge is 2.17. The lowest BCUT2D eigenvalue weighted by Gasteiger charge is -2.31. The number of rotatable bonds is 3. The average molecular weight is 220 g/mol. The van der Waals surface area contributed by atoms with Crippen molar-refractivity contribution in [3.8, 4) is 0 Å². The van der Waals surface area contributed by atoms with Crippen molar-refractivity contribution in [2.24, 2.45) is 0 Å². The van der Waals surface area contributed by atoms with Crippen molar-refractivity contribution in [1.29, 1.82) is 0 Å². The van der Waals surface area contributed by atoms with Crippen molar-refractivity contribution in [2.75, 3.05) is 31.5 Å². The van der Waals surface area contributed by atoms with E-state index in [1.807, 2.05) is 0 Å².